The second-order valence-electron chi connectivity index (χ2n) is 6.56. The number of nitrogens with zero attached hydrogens (tertiary/aromatic N) is 1. The minimum atomic E-state index is -4.36. The number of hydrogen-bond donors (Lipinski definition) is 3. The van der Waals surface area contributed by atoms with E-state index in [0.717, 1.165) is 4.90 Å². The third-order valence-corrected chi connectivity index (χ3v) is 6.16. The lowest BCUT2D eigenvalue weighted by Gasteiger charge is -2.27. The molecular formula is C19H19N3O7S. The zero-order chi connectivity index (χ0) is 22.1. The van der Waals surface area contributed by atoms with Crippen LogP contribution in [0, 0.1) is 0 Å². The summed E-state index contributed by atoms with van der Waals surface area (Å²) in [5.74, 6) is -2.19. The van der Waals surface area contributed by atoms with Gasteiger partial charge in [0.05, 0.1) is 23.1 Å². The maximum absolute atomic E-state index is 12.6. The van der Waals surface area contributed by atoms with Gasteiger partial charge in [-0.25, -0.2) is 8.42 Å². The Labute approximate surface area is 172 Å². The number of imide groups is 1. The highest BCUT2D eigenvalue weighted by Gasteiger charge is 2.42. The van der Waals surface area contributed by atoms with Gasteiger partial charge in [-0.2, -0.15) is 4.72 Å². The molecule has 0 fully saturated rings. The molecule has 30 heavy (non-hydrogen) atoms. The Morgan fingerprint density at radius 3 is 2.10 bits per heavy atom. The Bertz CT molecular complexity index is 1080. The van der Waals surface area contributed by atoms with Crippen LogP contribution in [0.4, 0.5) is 0 Å². The second kappa shape index (κ2) is 7.86. The summed E-state index contributed by atoms with van der Waals surface area (Å²) in [6.07, 6.45) is -0.636. The van der Waals surface area contributed by atoms with Gasteiger partial charge in [-0.3, -0.25) is 19.3 Å². The maximum Gasteiger partial charge on any atom is 0.265 e. The molecule has 0 spiro atoms. The van der Waals surface area contributed by atoms with Gasteiger partial charge in [0, 0.05) is 13.0 Å². The summed E-state index contributed by atoms with van der Waals surface area (Å²) in [5.41, 5.74) is 2.86. The first-order chi connectivity index (χ1) is 14.1. The summed E-state index contributed by atoms with van der Waals surface area (Å²) < 4.78 is 32.0. The van der Waals surface area contributed by atoms with Crippen molar-refractivity contribution < 1.29 is 32.6 Å². The highest BCUT2D eigenvalue weighted by molar-refractivity contribution is 7.89. The van der Waals surface area contributed by atoms with Crippen molar-refractivity contribution >= 4 is 27.7 Å². The van der Waals surface area contributed by atoms with Gasteiger partial charge in [0.25, 0.3) is 17.7 Å². The molecule has 1 aliphatic heterocycles. The van der Waals surface area contributed by atoms with E-state index in [1.807, 2.05) is 4.72 Å². The Balaban J connectivity index is 1.79. The molecule has 2 aromatic rings. The fraction of sp³-hybridized carbons (Fsp3) is 0.211. The average Bonchev–Trinajstić information content (AvgIpc) is 2.96. The molecule has 11 heteroatoms. The molecule has 1 unspecified atom stereocenters. The van der Waals surface area contributed by atoms with Crippen molar-refractivity contribution in [2.24, 2.45) is 5.73 Å². The lowest BCUT2D eigenvalue weighted by molar-refractivity contribution is -0.138. The molecule has 3 amide bonds. The standard InChI is InChI=1S/C19H19N3O7S/c1-29-12-6-8-13(9-7-12)30(27,28)21-19(26,18(20)25)10-11-22-16(23)14-4-2-3-5-15(14)17(22)24/h2-9,21,26H,10-11H2,1H3,(H2,20,25). The van der Waals surface area contributed by atoms with Crippen LogP contribution in [0.2, 0.25) is 0 Å². The summed E-state index contributed by atoms with van der Waals surface area (Å²) in [6.45, 7) is -0.434. The third-order valence-electron chi connectivity index (χ3n) is 4.66. The van der Waals surface area contributed by atoms with E-state index in [9.17, 15) is 27.9 Å². The normalized spacial score (nSPS) is 15.6. The highest BCUT2D eigenvalue weighted by atomic mass is 32.2. The minimum absolute atomic E-state index is 0.184. The molecule has 1 aliphatic rings. The van der Waals surface area contributed by atoms with Crippen LogP contribution in [0.3, 0.4) is 0 Å². The number of carbonyl (C=O) groups excluding carboxylic acids is 3. The largest absolute Gasteiger partial charge is 0.497 e. The number of amides is 3. The zero-order valence-corrected chi connectivity index (χ0v) is 16.7. The first-order valence-electron chi connectivity index (χ1n) is 8.74. The monoisotopic (exact) mass is 433 g/mol. The van der Waals surface area contributed by atoms with E-state index in [1.54, 1.807) is 12.1 Å². The molecule has 0 bridgehead atoms. The zero-order valence-electron chi connectivity index (χ0n) is 15.9. The number of nitrogens with two attached hydrogens (primary N) is 1. The number of primary amides is 1. The van der Waals surface area contributed by atoms with Gasteiger partial charge in [-0.05, 0) is 36.4 Å². The third kappa shape index (κ3) is 3.90. The van der Waals surface area contributed by atoms with Crippen LogP contribution in [0.25, 0.3) is 0 Å². The number of nitrogens with one attached hydrogen (secondary N) is 1. The number of fused-ring (bicyclic) bond motifs is 1. The SMILES string of the molecule is COc1ccc(S(=O)(=O)NC(O)(CCN2C(=O)c3ccccc3C2=O)C(N)=O)cc1. The van der Waals surface area contributed by atoms with Gasteiger partial charge in [0.2, 0.25) is 15.7 Å². The second-order valence-corrected chi connectivity index (χ2v) is 8.25. The van der Waals surface area contributed by atoms with E-state index >= 15 is 0 Å². The van der Waals surface area contributed by atoms with Gasteiger partial charge in [-0.1, -0.05) is 12.1 Å². The number of carbonyl (C=O) groups is 3. The van der Waals surface area contributed by atoms with Crippen LogP contribution in [0.5, 0.6) is 5.75 Å². The van der Waals surface area contributed by atoms with Crippen molar-refractivity contribution in [3.8, 4) is 5.75 Å². The molecule has 0 saturated heterocycles. The lowest BCUT2D eigenvalue weighted by atomic mass is 10.1. The van der Waals surface area contributed by atoms with Crippen LogP contribution in [0.15, 0.2) is 53.4 Å². The molecule has 2 aromatic carbocycles. The smallest absolute Gasteiger partial charge is 0.265 e. The Morgan fingerprint density at radius 2 is 1.63 bits per heavy atom. The number of aliphatic hydroxyl groups is 1. The lowest BCUT2D eigenvalue weighted by Crippen LogP contribution is -2.58. The van der Waals surface area contributed by atoms with Crippen molar-refractivity contribution in [3.05, 3.63) is 59.7 Å². The van der Waals surface area contributed by atoms with Crippen LogP contribution in [-0.4, -0.2) is 55.5 Å². The molecule has 3 rings (SSSR count). The molecule has 158 valence electrons. The Kier molecular flexibility index (Phi) is 5.61. The summed E-state index contributed by atoms with van der Waals surface area (Å²) in [6, 6.07) is 11.3. The van der Waals surface area contributed by atoms with Crippen molar-refractivity contribution in [2.75, 3.05) is 13.7 Å². The van der Waals surface area contributed by atoms with E-state index in [2.05, 4.69) is 0 Å². The molecular weight excluding hydrogens is 414 g/mol. The average molecular weight is 433 g/mol. The number of hydrogen-bond acceptors (Lipinski definition) is 7. The fourth-order valence-corrected chi connectivity index (χ4v) is 4.24. The van der Waals surface area contributed by atoms with Gasteiger partial charge < -0.3 is 15.6 Å². The van der Waals surface area contributed by atoms with Crippen LogP contribution in [0.1, 0.15) is 27.1 Å². The Morgan fingerprint density at radius 1 is 1.10 bits per heavy atom. The molecule has 0 aromatic heterocycles. The van der Waals surface area contributed by atoms with Crippen LogP contribution in [-0.2, 0) is 14.8 Å². The number of methoxy groups -OCH3 is 1. The minimum Gasteiger partial charge on any atom is -0.497 e. The van der Waals surface area contributed by atoms with E-state index in [0.29, 0.717) is 5.75 Å². The summed E-state index contributed by atoms with van der Waals surface area (Å²) >= 11 is 0. The number of rotatable bonds is 8. The van der Waals surface area contributed by atoms with E-state index < -0.39 is 46.4 Å². The van der Waals surface area contributed by atoms with Crippen molar-refractivity contribution in [1.82, 2.24) is 9.62 Å². The number of ether oxygens (including phenoxy) is 1. The molecule has 0 radical (unpaired) electrons. The molecule has 1 heterocycles. The fourth-order valence-electron chi connectivity index (χ4n) is 2.98. The molecule has 0 aliphatic carbocycles. The Hall–Kier alpha value is -3.28. The quantitative estimate of drug-likeness (QED) is 0.385. The summed E-state index contributed by atoms with van der Waals surface area (Å²) in [4.78, 5) is 37.3. The van der Waals surface area contributed by atoms with Crippen molar-refractivity contribution in [2.45, 2.75) is 17.0 Å². The van der Waals surface area contributed by atoms with Crippen molar-refractivity contribution in [1.29, 1.82) is 0 Å². The van der Waals surface area contributed by atoms with E-state index in [4.69, 9.17) is 10.5 Å². The predicted octanol–water partition coefficient (Wildman–Crippen LogP) is -0.166. The van der Waals surface area contributed by atoms with Gasteiger partial charge >= 0.3 is 0 Å². The van der Waals surface area contributed by atoms with Gasteiger partial charge in [0.15, 0.2) is 0 Å². The van der Waals surface area contributed by atoms with Crippen molar-refractivity contribution in [3.63, 3.8) is 0 Å². The maximum atomic E-state index is 12.6. The topological polar surface area (TPSA) is 156 Å². The molecule has 4 N–H and O–H groups in total. The van der Waals surface area contributed by atoms with Crippen LogP contribution >= 0.6 is 0 Å². The predicted molar refractivity (Wildman–Crippen MR) is 104 cm³/mol. The van der Waals surface area contributed by atoms with E-state index in [-0.39, 0.29) is 16.0 Å². The highest BCUT2D eigenvalue weighted by Crippen LogP contribution is 2.24. The first kappa shape index (κ1) is 21.4. The number of sulfonamides is 1. The number of benzene rings is 2. The summed E-state index contributed by atoms with van der Waals surface area (Å²) in [7, 11) is -2.95. The molecule has 10 nitrogen and oxygen atoms in total. The van der Waals surface area contributed by atoms with Gasteiger partial charge in [0.1, 0.15) is 5.75 Å². The summed E-state index contributed by atoms with van der Waals surface area (Å²) in [5, 5.41) is 10.6. The molecule has 1 atom stereocenters. The van der Waals surface area contributed by atoms with E-state index in [1.165, 1.54) is 43.5 Å². The van der Waals surface area contributed by atoms with Gasteiger partial charge in [-0.15, -0.1) is 0 Å². The molecule has 0 saturated carbocycles. The van der Waals surface area contributed by atoms with Crippen LogP contribution < -0.4 is 15.2 Å². The first-order valence-corrected chi connectivity index (χ1v) is 10.2.